The molecule has 2 rings (SSSR count). The lowest BCUT2D eigenvalue weighted by atomic mass is 10.3. The Morgan fingerprint density at radius 1 is 1.64 bits per heavy atom. The quantitative estimate of drug-likeness (QED) is 0.655. The van der Waals surface area contributed by atoms with E-state index in [9.17, 15) is 0 Å². The van der Waals surface area contributed by atoms with E-state index in [-0.39, 0.29) is 0 Å². The fraction of sp³-hybridized carbons (Fsp3) is 0.556. The molecule has 2 heteroatoms. The Morgan fingerprint density at radius 3 is 3.00 bits per heavy atom. The minimum atomic E-state index is 0.838. The molecule has 0 radical (unpaired) electrons. The van der Waals surface area contributed by atoms with Crippen molar-refractivity contribution in [2.45, 2.75) is 25.4 Å². The summed E-state index contributed by atoms with van der Waals surface area (Å²) in [4.78, 5) is 2.38. The Kier molecular flexibility index (Phi) is 1.70. The van der Waals surface area contributed by atoms with Crippen molar-refractivity contribution >= 4 is 0 Å². The summed E-state index contributed by atoms with van der Waals surface area (Å²) in [6, 6.07) is 2.86. The van der Waals surface area contributed by atoms with Crippen LogP contribution in [0, 0.1) is 0 Å². The molecule has 0 spiro atoms. The molecule has 1 aromatic rings. The zero-order valence-corrected chi connectivity index (χ0v) is 6.79. The topological polar surface area (TPSA) is 16.4 Å². The molecular formula is C9H13NO. The van der Waals surface area contributed by atoms with Gasteiger partial charge in [0.1, 0.15) is 0 Å². The van der Waals surface area contributed by atoms with Crippen molar-refractivity contribution < 1.29 is 4.42 Å². The summed E-state index contributed by atoms with van der Waals surface area (Å²) in [5.41, 5.74) is 1.28. The van der Waals surface area contributed by atoms with Crippen LogP contribution >= 0.6 is 0 Å². The molecule has 60 valence electrons. The monoisotopic (exact) mass is 151 g/mol. The van der Waals surface area contributed by atoms with Gasteiger partial charge in [-0.25, -0.2) is 0 Å². The average Bonchev–Trinajstić information content (AvgIpc) is 2.73. The van der Waals surface area contributed by atoms with Crippen molar-refractivity contribution in [1.82, 2.24) is 4.90 Å². The molecular weight excluding hydrogens is 138 g/mol. The zero-order chi connectivity index (χ0) is 7.68. The van der Waals surface area contributed by atoms with Crippen LogP contribution in [0.15, 0.2) is 23.0 Å². The average molecular weight is 151 g/mol. The molecule has 0 aromatic carbocycles. The van der Waals surface area contributed by atoms with Gasteiger partial charge in [0.25, 0.3) is 0 Å². The third-order valence-electron chi connectivity index (χ3n) is 2.18. The predicted octanol–water partition coefficient (Wildman–Crippen LogP) is 1.87. The van der Waals surface area contributed by atoms with Crippen molar-refractivity contribution in [3.8, 4) is 0 Å². The minimum Gasteiger partial charge on any atom is -0.472 e. The molecule has 1 heterocycles. The summed E-state index contributed by atoms with van der Waals surface area (Å²) in [5.74, 6) is 0. The maximum Gasteiger partial charge on any atom is 0.0947 e. The number of hydrogen-bond donors (Lipinski definition) is 0. The highest BCUT2D eigenvalue weighted by atomic mass is 16.3. The van der Waals surface area contributed by atoms with Crippen LogP contribution in [0.2, 0.25) is 0 Å². The van der Waals surface area contributed by atoms with Gasteiger partial charge in [-0.05, 0) is 26.0 Å². The molecule has 0 aliphatic heterocycles. The molecule has 11 heavy (non-hydrogen) atoms. The van der Waals surface area contributed by atoms with E-state index >= 15 is 0 Å². The van der Waals surface area contributed by atoms with Crippen molar-refractivity contribution in [3.05, 3.63) is 24.2 Å². The molecule has 1 aromatic heterocycles. The molecule has 2 nitrogen and oxygen atoms in total. The molecule has 1 saturated carbocycles. The predicted molar refractivity (Wildman–Crippen MR) is 43.2 cm³/mol. The van der Waals surface area contributed by atoms with Crippen LogP contribution in [-0.2, 0) is 6.54 Å². The lowest BCUT2D eigenvalue weighted by molar-refractivity contribution is 0.315. The second-order valence-electron chi connectivity index (χ2n) is 3.28. The standard InChI is InChI=1S/C9H13NO/c1-10(9-2-3-9)6-8-4-5-11-7-8/h4-5,7,9H,2-3,6H2,1H3. The van der Waals surface area contributed by atoms with Gasteiger partial charge in [0.05, 0.1) is 12.5 Å². The first-order valence-electron chi connectivity index (χ1n) is 4.07. The van der Waals surface area contributed by atoms with Gasteiger partial charge in [-0.2, -0.15) is 0 Å². The van der Waals surface area contributed by atoms with Crippen molar-refractivity contribution in [2.24, 2.45) is 0 Å². The van der Waals surface area contributed by atoms with Crippen LogP contribution in [0.25, 0.3) is 0 Å². The lowest BCUT2D eigenvalue weighted by Crippen LogP contribution is -2.19. The number of nitrogens with zero attached hydrogens (tertiary/aromatic N) is 1. The molecule has 0 atom stereocenters. The van der Waals surface area contributed by atoms with Gasteiger partial charge >= 0.3 is 0 Å². The first kappa shape index (κ1) is 6.92. The molecule has 0 amide bonds. The van der Waals surface area contributed by atoms with Gasteiger partial charge in [-0.15, -0.1) is 0 Å². The number of rotatable bonds is 3. The van der Waals surface area contributed by atoms with E-state index in [0.717, 1.165) is 12.6 Å². The smallest absolute Gasteiger partial charge is 0.0947 e. The van der Waals surface area contributed by atoms with Crippen LogP contribution in [0.4, 0.5) is 0 Å². The molecule has 1 fully saturated rings. The molecule has 0 saturated heterocycles. The summed E-state index contributed by atoms with van der Waals surface area (Å²) in [5, 5.41) is 0. The van der Waals surface area contributed by atoms with E-state index in [4.69, 9.17) is 4.42 Å². The van der Waals surface area contributed by atoms with Gasteiger partial charge in [0.2, 0.25) is 0 Å². The summed E-state index contributed by atoms with van der Waals surface area (Å²) < 4.78 is 4.99. The van der Waals surface area contributed by atoms with Gasteiger partial charge < -0.3 is 4.42 Å². The van der Waals surface area contributed by atoms with Gasteiger partial charge in [0.15, 0.2) is 0 Å². The summed E-state index contributed by atoms with van der Waals surface area (Å²) in [6.07, 6.45) is 6.29. The summed E-state index contributed by atoms with van der Waals surface area (Å²) in [7, 11) is 2.17. The second kappa shape index (κ2) is 2.70. The Balaban J connectivity index is 1.89. The highest BCUT2D eigenvalue weighted by molar-refractivity contribution is 5.05. The largest absolute Gasteiger partial charge is 0.472 e. The van der Waals surface area contributed by atoms with Crippen molar-refractivity contribution in [1.29, 1.82) is 0 Å². The van der Waals surface area contributed by atoms with Gasteiger partial charge in [-0.1, -0.05) is 0 Å². The molecule has 0 unspecified atom stereocenters. The fourth-order valence-electron chi connectivity index (χ4n) is 1.32. The number of hydrogen-bond acceptors (Lipinski definition) is 2. The maximum atomic E-state index is 4.99. The van der Waals surface area contributed by atoms with Crippen LogP contribution in [-0.4, -0.2) is 18.0 Å². The SMILES string of the molecule is CN(Cc1ccoc1)C1CC1. The molecule has 1 aliphatic rings. The fourth-order valence-corrected chi connectivity index (χ4v) is 1.32. The third kappa shape index (κ3) is 1.63. The Morgan fingerprint density at radius 2 is 2.45 bits per heavy atom. The van der Waals surface area contributed by atoms with E-state index in [1.54, 1.807) is 6.26 Å². The van der Waals surface area contributed by atoms with Crippen LogP contribution < -0.4 is 0 Å². The molecule has 0 bridgehead atoms. The van der Waals surface area contributed by atoms with E-state index < -0.39 is 0 Å². The maximum absolute atomic E-state index is 4.99. The highest BCUT2D eigenvalue weighted by Crippen LogP contribution is 2.26. The van der Waals surface area contributed by atoms with E-state index in [0.29, 0.717) is 0 Å². The van der Waals surface area contributed by atoms with Crippen molar-refractivity contribution in [3.63, 3.8) is 0 Å². The van der Waals surface area contributed by atoms with E-state index in [1.807, 2.05) is 12.3 Å². The lowest BCUT2D eigenvalue weighted by Gasteiger charge is -2.13. The second-order valence-corrected chi connectivity index (χ2v) is 3.28. The van der Waals surface area contributed by atoms with E-state index in [1.165, 1.54) is 18.4 Å². The number of furan rings is 1. The highest BCUT2D eigenvalue weighted by Gasteiger charge is 2.25. The minimum absolute atomic E-state index is 0.838. The van der Waals surface area contributed by atoms with Crippen LogP contribution in [0.5, 0.6) is 0 Å². The third-order valence-corrected chi connectivity index (χ3v) is 2.18. The van der Waals surface area contributed by atoms with Crippen LogP contribution in [0.3, 0.4) is 0 Å². The van der Waals surface area contributed by atoms with Gasteiger partial charge in [0, 0.05) is 18.2 Å². The van der Waals surface area contributed by atoms with Crippen LogP contribution in [0.1, 0.15) is 18.4 Å². The Hall–Kier alpha value is -0.760. The van der Waals surface area contributed by atoms with Crippen molar-refractivity contribution in [2.75, 3.05) is 7.05 Å². The first-order chi connectivity index (χ1) is 5.36. The molecule has 1 aliphatic carbocycles. The Labute approximate surface area is 66.8 Å². The van der Waals surface area contributed by atoms with Gasteiger partial charge in [-0.3, -0.25) is 4.90 Å². The molecule has 0 N–H and O–H groups in total. The zero-order valence-electron chi connectivity index (χ0n) is 6.79. The summed E-state index contributed by atoms with van der Waals surface area (Å²) in [6.45, 7) is 1.03. The Bertz CT molecular complexity index is 213. The summed E-state index contributed by atoms with van der Waals surface area (Å²) >= 11 is 0. The van der Waals surface area contributed by atoms with E-state index in [2.05, 4.69) is 11.9 Å². The normalized spacial score (nSPS) is 17.6. The first-order valence-corrected chi connectivity index (χ1v) is 4.07.